The normalized spacial score (nSPS) is 13.2. The molecule has 1 atom stereocenters. The first-order valence-electron chi connectivity index (χ1n) is 4.29. The highest BCUT2D eigenvalue weighted by Gasteiger charge is 2.11. The zero-order valence-corrected chi connectivity index (χ0v) is 8.80. The number of thioether (sulfide) groups is 1. The van der Waals surface area contributed by atoms with E-state index in [1.165, 1.54) is 0 Å². The average molecular weight is 201 g/mol. The third kappa shape index (κ3) is 3.00. The number of hydrogen-bond acceptors (Lipinski definition) is 5. The number of hydrogen-bond donors (Lipinski definition) is 1. The molecule has 0 aliphatic heterocycles. The first kappa shape index (κ1) is 10.5. The largest absolute Gasteiger partial charge is 0.339 e. The van der Waals surface area contributed by atoms with Gasteiger partial charge in [0.25, 0.3) is 0 Å². The third-order valence-corrected chi connectivity index (χ3v) is 2.41. The molecule has 0 amide bonds. The van der Waals surface area contributed by atoms with Crippen LogP contribution in [0.4, 0.5) is 0 Å². The lowest BCUT2D eigenvalue weighted by Crippen LogP contribution is -2.10. The SMILES string of the molecule is CSCCc1nc(C(C)CN)no1. The monoisotopic (exact) mass is 201 g/mol. The maximum absolute atomic E-state index is 5.49. The van der Waals surface area contributed by atoms with Gasteiger partial charge in [-0.15, -0.1) is 0 Å². The molecule has 0 spiro atoms. The zero-order valence-electron chi connectivity index (χ0n) is 7.99. The fourth-order valence-electron chi connectivity index (χ4n) is 0.865. The first-order valence-corrected chi connectivity index (χ1v) is 5.68. The number of nitrogens with zero attached hydrogens (tertiary/aromatic N) is 2. The summed E-state index contributed by atoms with van der Waals surface area (Å²) in [5.41, 5.74) is 5.49. The van der Waals surface area contributed by atoms with Crippen molar-refractivity contribution in [2.45, 2.75) is 19.3 Å². The van der Waals surface area contributed by atoms with E-state index in [1.54, 1.807) is 11.8 Å². The van der Waals surface area contributed by atoms with Gasteiger partial charge in [0.1, 0.15) is 0 Å². The van der Waals surface area contributed by atoms with Crippen LogP contribution in [0.3, 0.4) is 0 Å². The second-order valence-corrected chi connectivity index (χ2v) is 3.91. The molecule has 0 bridgehead atoms. The van der Waals surface area contributed by atoms with E-state index in [0.717, 1.165) is 18.0 Å². The molecule has 0 aromatic carbocycles. The Kier molecular flexibility index (Phi) is 4.24. The van der Waals surface area contributed by atoms with Gasteiger partial charge < -0.3 is 10.3 Å². The lowest BCUT2D eigenvalue weighted by Gasteiger charge is -1.98. The second kappa shape index (κ2) is 5.24. The minimum Gasteiger partial charge on any atom is -0.339 e. The summed E-state index contributed by atoms with van der Waals surface area (Å²) < 4.78 is 5.06. The molecule has 1 heterocycles. The summed E-state index contributed by atoms with van der Waals surface area (Å²) in [6, 6.07) is 0. The predicted octanol–water partition coefficient (Wildman–Crippen LogP) is 1.04. The van der Waals surface area contributed by atoms with Gasteiger partial charge in [0.05, 0.1) is 0 Å². The molecule has 1 aromatic rings. The first-order chi connectivity index (χ1) is 6.27. The fraction of sp³-hybridized carbons (Fsp3) is 0.750. The highest BCUT2D eigenvalue weighted by Crippen LogP contribution is 2.10. The van der Waals surface area contributed by atoms with Crippen LogP contribution in [-0.4, -0.2) is 28.7 Å². The van der Waals surface area contributed by atoms with Crippen molar-refractivity contribution in [2.75, 3.05) is 18.6 Å². The highest BCUT2D eigenvalue weighted by molar-refractivity contribution is 7.98. The number of nitrogens with two attached hydrogens (primary N) is 1. The molecule has 1 unspecified atom stereocenters. The van der Waals surface area contributed by atoms with E-state index in [4.69, 9.17) is 10.3 Å². The molecule has 4 nitrogen and oxygen atoms in total. The molecule has 5 heteroatoms. The van der Waals surface area contributed by atoms with Gasteiger partial charge in [-0.1, -0.05) is 12.1 Å². The van der Waals surface area contributed by atoms with Crippen molar-refractivity contribution in [2.24, 2.45) is 5.73 Å². The van der Waals surface area contributed by atoms with Crippen molar-refractivity contribution >= 4 is 11.8 Å². The summed E-state index contributed by atoms with van der Waals surface area (Å²) in [5.74, 6) is 2.63. The van der Waals surface area contributed by atoms with Gasteiger partial charge in [0.2, 0.25) is 5.89 Å². The van der Waals surface area contributed by atoms with Crippen LogP contribution in [0, 0.1) is 0 Å². The van der Waals surface area contributed by atoms with Gasteiger partial charge >= 0.3 is 0 Å². The van der Waals surface area contributed by atoms with Crippen LogP contribution in [0.2, 0.25) is 0 Å². The lowest BCUT2D eigenvalue weighted by atomic mass is 10.2. The number of aryl methyl sites for hydroxylation is 1. The molecule has 0 saturated heterocycles. The van der Waals surface area contributed by atoms with Crippen LogP contribution >= 0.6 is 11.8 Å². The summed E-state index contributed by atoms with van der Waals surface area (Å²) in [6.07, 6.45) is 2.89. The lowest BCUT2D eigenvalue weighted by molar-refractivity contribution is 0.374. The molecule has 74 valence electrons. The number of aromatic nitrogens is 2. The quantitative estimate of drug-likeness (QED) is 0.771. The molecule has 13 heavy (non-hydrogen) atoms. The van der Waals surface area contributed by atoms with Crippen molar-refractivity contribution in [3.05, 3.63) is 11.7 Å². The van der Waals surface area contributed by atoms with E-state index < -0.39 is 0 Å². The van der Waals surface area contributed by atoms with Crippen LogP contribution in [0.1, 0.15) is 24.6 Å². The smallest absolute Gasteiger partial charge is 0.227 e. The Labute approximate surface area is 82.3 Å². The summed E-state index contributed by atoms with van der Waals surface area (Å²) in [7, 11) is 0. The van der Waals surface area contributed by atoms with E-state index in [2.05, 4.69) is 16.4 Å². The molecule has 0 aliphatic carbocycles. The van der Waals surface area contributed by atoms with Gasteiger partial charge in [-0.2, -0.15) is 16.7 Å². The Hall–Kier alpha value is -0.550. The minimum absolute atomic E-state index is 0.187. The van der Waals surface area contributed by atoms with Gasteiger partial charge in [-0.3, -0.25) is 0 Å². The summed E-state index contributed by atoms with van der Waals surface area (Å²) in [5, 5.41) is 3.86. The topological polar surface area (TPSA) is 64.9 Å². The molecule has 1 rings (SSSR count). The minimum atomic E-state index is 0.187. The molecule has 0 radical (unpaired) electrons. The molecule has 0 fully saturated rings. The van der Waals surface area contributed by atoms with E-state index in [1.807, 2.05) is 6.92 Å². The maximum atomic E-state index is 5.49. The van der Waals surface area contributed by atoms with E-state index in [9.17, 15) is 0 Å². The van der Waals surface area contributed by atoms with Gasteiger partial charge in [0, 0.05) is 24.6 Å². The van der Waals surface area contributed by atoms with Gasteiger partial charge in [0.15, 0.2) is 5.82 Å². The van der Waals surface area contributed by atoms with Gasteiger partial charge in [-0.25, -0.2) is 0 Å². The predicted molar refractivity (Wildman–Crippen MR) is 53.9 cm³/mol. The van der Waals surface area contributed by atoms with E-state index in [0.29, 0.717) is 12.4 Å². The molecular formula is C8H15N3OS. The van der Waals surface area contributed by atoms with E-state index >= 15 is 0 Å². The Balaban J connectivity index is 2.53. The van der Waals surface area contributed by atoms with Crippen molar-refractivity contribution < 1.29 is 4.52 Å². The standard InChI is InChI=1S/C8H15N3OS/c1-6(5-9)8-10-7(12-11-8)3-4-13-2/h6H,3-5,9H2,1-2H3. The van der Waals surface area contributed by atoms with Crippen LogP contribution in [0.5, 0.6) is 0 Å². The fourth-order valence-corrected chi connectivity index (χ4v) is 1.24. The van der Waals surface area contributed by atoms with Crippen molar-refractivity contribution in [3.8, 4) is 0 Å². The van der Waals surface area contributed by atoms with Crippen molar-refractivity contribution in [1.82, 2.24) is 10.1 Å². The molecule has 2 N–H and O–H groups in total. The number of rotatable bonds is 5. The van der Waals surface area contributed by atoms with Crippen molar-refractivity contribution in [3.63, 3.8) is 0 Å². The molecule has 0 aliphatic rings. The Bertz CT molecular complexity index is 251. The Morgan fingerprint density at radius 3 is 3.00 bits per heavy atom. The highest BCUT2D eigenvalue weighted by atomic mass is 32.2. The van der Waals surface area contributed by atoms with Crippen LogP contribution in [-0.2, 0) is 6.42 Å². The van der Waals surface area contributed by atoms with Crippen LogP contribution in [0.15, 0.2) is 4.52 Å². The summed E-state index contributed by atoms with van der Waals surface area (Å²) >= 11 is 1.77. The van der Waals surface area contributed by atoms with Gasteiger partial charge in [-0.05, 0) is 6.26 Å². The Morgan fingerprint density at radius 1 is 1.62 bits per heavy atom. The molecular weight excluding hydrogens is 186 g/mol. The van der Waals surface area contributed by atoms with Crippen LogP contribution < -0.4 is 5.73 Å². The maximum Gasteiger partial charge on any atom is 0.227 e. The molecule has 0 saturated carbocycles. The zero-order chi connectivity index (χ0) is 9.68. The summed E-state index contributed by atoms with van der Waals surface area (Å²) in [6.45, 7) is 2.55. The summed E-state index contributed by atoms with van der Waals surface area (Å²) in [4.78, 5) is 4.25. The Morgan fingerprint density at radius 2 is 2.38 bits per heavy atom. The van der Waals surface area contributed by atoms with E-state index in [-0.39, 0.29) is 5.92 Å². The second-order valence-electron chi connectivity index (χ2n) is 2.93. The third-order valence-electron chi connectivity index (χ3n) is 1.80. The average Bonchev–Trinajstić information content (AvgIpc) is 2.62. The van der Waals surface area contributed by atoms with Crippen LogP contribution in [0.25, 0.3) is 0 Å². The van der Waals surface area contributed by atoms with Crippen molar-refractivity contribution in [1.29, 1.82) is 0 Å². The molecule has 1 aromatic heterocycles.